The van der Waals surface area contributed by atoms with Gasteiger partial charge in [-0.1, -0.05) is 41.9 Å². The molecule has 0 amide bonds. The molecule has 0 aromatic heterocycles. The molecule has 1 nitrogen and oxygen atoms in total. The maximum atomic E-state index is 13.5. The summed E-state index contributed by atoms with van der Waals surface area (Å²) in [6.07, 6.45) is 0.660. The molecule has 1 unspecified atom stereocenters. The van der Waals surface area contributed by atoms with Crippen LogP contribution in [0, 0.1) is 9.39 Å². The van der Waals surface area contributed by atoms with E-state index in [1.165, 1.54) is 15.2 Å². The van der Waals surface area contributed by atoms with E-state index in [-0.39, 0.29) is 16.9 Å². The zero-order chi connectivity index (χ0) is 13.8. The highest BCUT2D eigenvalue weighted by Crippen LogP contribution is 2.27. The van der Waals surface area contributed by atoms with Crippen molar-refractivity contribution in [3.05, 3.63) is 68.0 Å². The molecule has 0 fully saturated rings. The summed E-state index contributed by atoms with van der Waals surface area (Å²) in [6, 6.07) is 13.2. The Bertz CT molecular complexity index is 574. The van der Waals surface area contributed by atoms with E-state index in [0.29, 0.717) is 6.42 Å². The van der Waals surface area contributed by atoms with E-state index in [9.17, 15) is 4.39 Å². The summed E-state index contributed by atoms with van der Waals surface area (Å²) in [5, 5.41) is 3.48. The van der Waals surface area contributed by atoms with E-state index in [0.717, 1.165) is 5.56 Å². The normalized spacial score (nSPS) is 12.4. The average Bonchev–Trinajstić information content (AvgIpc) is 2.41. The van der Waals surface area contributed by atoms with E-state index < -0.39 is 0 Å². The summed E-state index contributed by atoms with van der Waals surface area (Å²) in [7, 11) is 1.90. The minimum atomic E-state index is -0.364. The van der Waals surface area contributed by atoms with Crippen LogP contribution in [0.4, 0.5) is 4.39 Å². The molecule has 0 aliphatic carbocycles. The molecule has 19 heavy (non-hydrogen) atoms. The lowest BCUT2D eigenvalue weighted by Crippen LogP contribution is -2.20. The summed E-state index contributed by atoms with van der Waals surface area (Å²) in [5.74, 6) is -0.364. The quantitative estimate of drug-likeness (QED) is 0.754. The number of hydrogen-bond donors (Lipinski definition) is 1. The fourth-order valence-corrected chi connectivity index (χ4v) is 3.02. The molecule has 0 spiro atoms. The third kappa shape index (κ3) is 3.46. The Morgan fingerprint density at radius 3 is 2.63 bits per heavy atom. The monoisotopic (exact) mass is 389 g/mol. The van der Waals surface area contributed by atoms with Crippen molar-refractivity contribution in [1.82, 2.24) is 5.32 Å². The molecule has 0 heterocycles. The lowest BCUT2D eigenvalue weighted by molar-refractivity contribution is 0.582. The van der Waals surface area contributed by atoms with E-state index in [4.69, 9.17) is 11.6 Å². The van der Waals surface area contributed by atoms with E-state index in [1.807, 2.05) is 25.2 Å². The molecule has 1 atom stereocenters. The van der Waals surface area contributed by atoms with Crippen molar-refractivity contribution < 1.29 is 4.39 Å². The van der Waals surface area contributed by atoms with Crippen molar-refractivity contribution in [2.45, 2.75) is 12.5 Å². The molecule has 0 bridgehead atoms. The van der Waals surface area contributed by atoms with E-state index >= 15 is 0 Å². The summed E-state index contributed by atoms with van der Waals surface area (Å²) < 4.78 is 14.6. The van der Waals surface area contributed by atoms with Crippen LogP contribution in [-0.2, 0) is 6.42 Å². The topological polar surface area (TPSA) is 12.0 Å². The first kappa shape index (κ1) is 14.8. The Balaban J connectivity index is 2.30. The summed E-state index contributed by atoms with van der Waals surface area (Å²) in [5.41, 5.74) is 2.02. The molecule has 0 saturated heterocycles. The molecule has 2 aromatic rings. The molecule has 0 aliphatic heterocycles. The van der Waals surface area contributed by atoms with Gasteiger partial charge in [-0.2, -0.15) is 0 Å². The van der Waals surface area contributed by atoms with Crippen LogP contribution >= 0.6 is 34.2 Å². The highest BCUT2D eigenvalue weighted by molar-refractivity contribution is 14.1. The van der Waals surface area contributed by atoms with Gasteiger partial charge in [-0.25, -0.2) is 4.39 Å². The first-order valence-corrected chi connectivity index (χ1v) is 7.43. The van der Waals surface area contributed by atoms with Gasteiger partial charge in [0.2, 0.25) is 0 Å². The van der Waals surface area contributed by atoms with Gasteiger partial charge in [0.25, 0.3) is 0 Å². The van der Waals surface area contributed by atoms with Crippen molar-refractivity contribution in [2.24, 2.45) is 0 Å². The number of nitrogens with one attached hydrogen (secondary N) is 1. The molecule has 2 aromatic carbocycles. The van der Waals surface area contributed by atoms with E-state index in [1.54, 1.807) is 6.07 Å². The SMILES string of the molecule is CNC(Cc1cccc(F)c1Cl)c1ccccc1I. The predicted molar refractivity (Wildman–Crippen MR) is 86.1 cm³/mol. The van der Waals surface area contributed by atoms with Gasteiger partial charge in [0.15, 0.2) is 0 Å². The van der Waals surface area contributed by atoms with Crippen LogP contribution in [-0.4, -0.2) is 7.05 Å². The number of rotatable bonds is 4. The fourth-order valence-electron chi connectivity index (χ4n) is 2.05. The third-order valence-electron chi connectivity index (χ3n) is 3.08. The van der Waals surface area contributed by atoms with Crippen molar-refractivity contribution in [3.8, 4) is 0 Å². The highest BCUT2D eigenvalue weighted by atomic mass is 127. The minimum Gasteiger partial charge on any atom is -0.313 e. The van der Waals surface area contributed by atoms with Gasteiger partial charge in [-0.05, 0) is 59.3 Å². The molecular weight excluding hydrogens is 376 g/mol. The van der Waals surface area contributed by atoms with E-state index in [2.05, 4.69) is 40.0 Å². The molecular formula is C15H14ClFIN. The van der Waals surface area contributed by atoms with Crippen LogP contribution in [0.5, 0.6) is 0 Å². The van der Waals surface area contributed by atoms with Gasteiger partial charge in [0, 0.05) is 9.61 Å². The summed E-state index contributed by atoms with van der Waals surface area (Å²) in [4.78, 5) is 0. The van der Waals surface area contributed by atoms with Crippen LogP contribution < -0.4 is 5.32 Å². The molecule has 2 rings (SSSR count). The van der Waals surface area contributed by atoms with Gasteiger partial charge >= 0.3 is 0 Å². The van der Waals surface area contributed by atoms with Crippen LogP contribution in [0.15, 0.2) is 42.5 Å². The maximum Gasteiger partial charge on any atom is 0.142 e. The van der Waals surface area contributed by atoms with Crippen LogP contribution in [0.2, 0.25) is 5.02 Å². The van der Waals surface area contributed by atoms with Gasteiger partial charge in [0.1, 0.15) is 5.82 Å². The molecule has 0 radical (unpaired) electrons. The van der Waals surface area contributed by atoms with Crippen molar-refractivity contribution in [2.75, 3.05) is 7.05 Å². The molecule has 0 aliphatic rings. The highest BCUT2D eigenvalue weighted by Gasteiger charge is 2.15. The minimum absolute atomic E-state index is 0.118. The molecule has 1 N–H and O–H groups in total. The number of halogens is 3. The van der Waals surface area contributed by atoms with Gasteiger partial charge in [0.05, 0.1) is 5.02 Å². The molecule has 4 heteroatoms. The number of likely N-dealkylation sites (N-methyl/N-ethyl adjacent to an activating group) is 1. The number of hydrogen-bond acceptors (Lipinski definition) is 1. The largest absolute Gasteiger partial charge is 0.313 e. The third-order valence-corrected chi connectivity index (χ3v) is 4.49. The second kappa shape index (κ2) is 6.68. The Hall–Kier alpha value is -0.650. The van der Waals surface area contributed by atoms with Gasteiger partial charge < -0.3 is 5.32 Å². The lowest BCUT2D eigenvalue weighted by Gasteiger charge is -2.19. The first-order valence-electron chi connectivity index (χ1n) is 5.98. The first-order chi connectivity index (χ1) is 9.13. The smallest absolute Gasteiger partial charge is 0.142 e. The predicted octanol–water partition coefficient (Wildman–Crippen LogP) is 4.59. The second-order valence-corrected chi connectivity index (χ2v) is 5.82. The Kier molecular flexibility index (Phi) is 5.19. The Morgan fingerprint density at radius 1 is 1.21 bits per heavy atom. The Labute approximate surface area is 131 Å². The summed E-state index contributed by atoms with van der Waals surface area (Å²) in [6.45, 7) is 0. The van der Waals surface area contributed by atoms with Gasteiger partial charge in [-0.15, -0.1) is 0 Å². The zero-order valence-electron chi connectivity index (χ0n) is 10.5. The van der Waals surface area contributed by atoms with Crippen LogP contribution in [0.25, 0.3) is 0 Å². The fraction of sp³-hybridized carbons (Fsp3) is 0.200. The van der Waals surface area contributed by atoms with Crippen LogP contribution in [0.1, 0.15) is 17.2 Å². The number of benzene rings is 2. The van der Waals surface area contributed by atoms with Gasteiger partial charge in [-0.3, -0.25) is 0 Å². The molecule has 0 saturated carbocycles. The van der Waals surface area contributed by atoms with Crippen molar-refractivity contribution in [3.63, 3.8) is 0 Å². The molecule has 100 valence electrons. The average molecular weight is 390 g/mol. The second-order valence-electron chi connectivity index (χ2n) is 4.28. The zero-order valence-corrected chi connectivity index (χ0v) is 13.4. The van der Waals surface area contributed by atoms with Crippen molar-refractivity contribution >= 4 is 34.2 Å². The van der Waals surface area contributed by atoms with Crippen molar-refractivity contribution in [1.29, 1.82) is 0 Å². The lowest BCUT2D eigenvalue weighted by atomic mass is 9.99. The van der Waals surface area contributed by atoms with Crippen LogP contribution in [0.3, 0.4) is 0 Å². The standard InChI is InChI=1S/C15H14ClFIN/c1-19-14(11-6-2-3-8-13(11)18)9-10-5-4-7-12(17)15(10)16/h2-8,14,19H,9H2,1H3. The maximum absolute atomic E-state index is 13.5. The summed E-state index contributed by atoms with van der Waals surface area (Å²) >= 11 is 8.33. The Morgan fingerprint density at radius 2 is 1.95 bits per heavy atom.